The van der Waals surface area contributed by atoms with Gasteiger partial charge in [0.2, 0.25) is 0 Å². The number of anilines is 1. The molecule has 3 aromatic heterocycles. The number of nitrogens with zero attached hydrogens (tertiary/aromatic N) is 4. The molecule has 0 aliphatic rings. The van der Waals surface area contributed by atoms with Gasteiger partial charge in [-0.3, -0.25) is 0 Å². The standard InChI is InChI=1S/C16H21N5O2S/c1-8(2)22-6-12-20-14(21-23-12)10(4)19-15-13-9(3)11(5)24-16(13)18-7-17-15/h7-8,10H,6H2,1-5H3,(H,17,18,19). The van der Waals surface area contributed by atoms with Gasteiger partial charge < -0.3 is 14.6 Å². The van der Waals surface area contributed by atoms with Crippen LogP contribution in [0.3, 0.4) is 0 Å². The summed E-state index contributed by atoms with van der Waals surface area (Å²) >= 11 is 1.67. The summed E-state index contributed by atoms with van der Waals surface area (Å²) in [5, 5.41) is 8.45. The molecule has 0 bridgehead atoms. The topological polar surface area (TPSA) is 86.0 Å². The zero-order chi connectivity index (χ0) is 17.3. The summed E-state index contributed by atoms with van der Waals surface area (Å²) in [5.41, 5.74) is 1.20. The molecule has 1 unspecified atom stereocenters. The van der Waals surface area contributed by atoms with Gasteiger partial charge in [0, 0.05) is 4.88 Å². The zero-order valence-electron chi connectivity index (χ0n) is 14.5. The van der Waals surface area contributed by atoms with E-state index in [0.717, 1.165) is 16.0 Å². The normalized spacial score (nSPS) is 12.9. The van der Waals surface area contributed by atoms with E-state index in [0.29, 0.717) is 18.3 Å². The molecular formula is C16H21N5O2S. The molecule has 1 atom stereocenters. The molecule has 0 aliphatic heterocycles. The summed E-state index contributed by atoms with van der Waals surface area (Å²) in [6.45, 7) is 10.4. The molecule has 3 rings (SSSR count). The van der Waals surface area contributed by atoms with Gasteiger partial charge in [0.05, 0.1) is 17.5 Å². The lowest BCUT2D eigenvalue weighted by Crippen LogP contribution is -2.10. The molecule has 24 heavy (non-hydrogen) atoms. The molecule has 0 spiro atoms. The van der Waals surface area contributed by atoms with Crippen LogP contribution in [-0.2, 0) is 11.3 Å². The van der Waals surface area contributed by atoms with E-state index in [1.54, 1.807) is 17.7 Å². The van der Waals surface area contributed by atoms with Crippen LogP contribution in [0.1, 0.15) is 49.0 Å². The lowest BCUT2D eigenvalue weighted by molar-refractivity contribution is 0.0485. The molecule has 8 heteroatoms. The van der Waals surface area contributed by atoms with Gasteiger partial charge in [-0.1, -0.05) is 5.16 Å². The minimum atomic E-state index is -0.140. The predicted molar refractivity (Wildman–Crippen MR) is 93.1 cm³/mol. The van der Waals surface area contributed by atoms with E-state index in [-0.39, 0.29) is 12.1 Å². The third-order valence-corrected chi connectivity index (χ3v) is 4.85. The van der Waals surface area contributed by atoms with Gasteiger partial charge in [-0.15, -0.1) is 11.3 Å². The highest BCUT2D eigenvalue weighted by Crippen LogP contribution is 2.33. The fourth-order valence-electron chi connectivity index (χ4n) is 2.30. The van der Waals surface area contributed by atoms with Gasteiger partial charge >= 0.3 is 0 Å². The Morgan fingerprint density at radius 3 is 2.79 bits per heavy atom. The van der Waals surface area contributed by atoms with Crippen LogP contribution < -0.4 is 5.32 Å². The average molecular weight is 347 g/mol. The third-order valence-electron chi connectivity index (χ3n) is 3.73. The number of thiophene rings is 1. The second-order valence-electron chi connectivity index (χ2n) is 5.96. The Hall–Kier alpha value is -2.06. The van der Waals surface area contributed by atoms with Crippen LogP contribution in [-0.4, -0.2) is 26.2 Å². The van der Waals surface area contributed by atoms with E-state index in [1.807, 2.05) is 20.8 Å². The molecule has 3 heterocycles. The maximum atomic E-state index is 5.48. The van der Waals surface area contributed by atoms with Gasteiger partial charge in [0.15, 0.2) is 5.82 Å². The molecule has 128 valence electrons. The van der Waals surface area contributed by atoms with Crippen molar-refractivity contribution in [1.82, 2.24) is 20.1 Å². The Kier molecular flexibility index (Phi) is 4.77. The number of nitrogens with one attached hydrogen (secondary N) is 1. The fraction of sp³-hybridized carbons (Fsp3) is 0.500. The monoisotopic (exact) mass is 347 g/mol. The number of aryl methyl sites for hydroxylation is 2. The van der Waals surface area contributed by atoms with Crippen molar-refractivity contribution in [2.45, 2.75) is 53.4 Å². The Balaban J connectivity index is 1.79. The zero-order valence-corrected chi connectivity index (χ0v) is 15.3. The maximum Gasteiger partial charge on any atom is 0.252 e. The summed E-state index contributed by atoms with van der Waals surface area (Å²) in [4.78, 5) is 15.3. The highest BCUT2D eigenvalue weighted by Gasteiger charge is 2.18. The first-order chi connectivity index (χ1) is 11.5. The molecule has 0 saturated carbocycles. The Bertz CT molecular complexity index is 842. The average Bonchev–Trinajstić information content (AvgIpc) is 3.11. The highest BCUT2D eigenvalue weighted by molar-refractivity contribution is 7.18. The number of rotatable bonds is 6. The van der Waals surface area contributed by atoms with E-state index < -0.39 is 0 Å². The van der Waals surface area contributed by atoms with Crippen molar-refractivity contribution in [3.63, 3.8) is 0 Å². The van der Waals surface area contributed by atoms with Crippen LogP contribution >= 0.6 is 11.3 Å². The van der Waals surface area contributed by atoms with Crippen molar-refractivity contribution in [3.05, 3.63) is 28.5 Å². The first kappa shape index (κ1) is 16.8. The number of hydrogen-bond acceptors (Lipinski definition) is 8. The largest absolute Gasteiger partial charge is 0.369 e. The van der Waals surface area contributed by atoms with Crippen molar-refractivity contribution in [1.29, 1.82) is 0 Å². The first-order valence-electron chi connectivity index (χ1n) is 7.87. The number of aromatic nitrogens is 4. The Morgan fingerprint density at radius 1 is 1.25 bits per heavy atom. The predicted octanol–water partition coefficient (Wildman–Crippen LogP) is 3.79. The maximum absolute atomic E-state index is 5.48. The minimum Gasteiger partial charge on any atom is -0.369 e. The molecule has 0 amide bonds. The minimum absolute atomic E-state index is 0.120. The van der Waals surface area contributed by atoms with Crippen LogP contribution in [0, 0.1) is 13.8 Å². The smallest absolute Gasteiger partial charge is 0.252 e. The van der Waals surface area contributed by atoms with Crippen LogP contribution in [0.2, 0.25) is 0 Å². The summed E-state index contributed by atoms with van der Waals surface area (Å²) in [6.07, 6.45) is 1.69. The van der Waals surface area contributed by atoms with E-state index in [1.165, 1.54) is 10.4 Å². The van der Waals surface area contributed by atoms with Crippen LogP contribution in [0.4, 0.5) is 5.82 Å². The molecule has 0 aliphatic carbocycles. The summed E-state index contributed by atoms with van der Waals surface area (Å²) in [7, 11) is 0. The highest BCUT2D eigenvalue weighted by atomic mass is 32.1. The SMILES string of the molecule is Cc1sc2ncnc(NC(C)c3noc(COC(C)C)n3)c2c1C. The van der Waals surface area contributed by atoms with Gasteiger partial charge in [-0.2, -0.15) is 4.98 Å². The molecule has 0 fully saturated rings. The summed E-state index contributed by atoms with van der Waals surface area (Å²) < 4.78 is 10.7. The Labute approximate surface area is 144 Å². The fourth-order valence-corrected chi connectivity index (χ4v) is 3.30. The van der Waals surface area contributed by atoms with Crippen LogP contribution in [0.5, 0.6) is 0 Å². The first-order valence-corrected chi connectivity index (χ1v) is 8.68. The van der Waals surface area contributed by atoms with E-state index >= 15 is 0 Å². The van der Waals surface area contributed by atoms with E-state index in [4.69, 9.17) is 9.26 Å². The number of fused-ring (bicyclic) bond motifs is 1. The number of hydrogen-bond donors (Lipinski definition) is 1. The van der Waals surface area contributed by atoms with Crippen molar-refractivity contribution < 1.29 is 9.26 Å². The second kappa shape index (κ2) is 6.82. The van der Waals surface area contributed by atoms with Crippen LogP contribution in [0.15, 0.2) is 10.9 Å². The van der Waals surface area contributed by atoms with Crippen molar-refractivity contribution >= 4 is 27.4 Å². The van der Waals surface area contributed by atoms with E-state index in [9.17, 15) is 0 Å². The van der Waals surface area contributed by atoms with Crippen molar-refractivity contribution in [2.75, 3.05) is 5.32 Å². The lowest BCUT2D eigenvalue weighted by atomic mass is 10.2. The van der Waals surface area contributed by atoms with Gasteiger partial charge in [-0.25, -0.2) is 9.97 Å². The van der Waals surface area contributed by atoms with Crippen molar-refractivity contribution in [3.8, 4) is 0 Å². The molecule has 7 nitrogen and oxygen atoms in total. The second-order valence-corrected chi connectivity index (χ2v) is 7.16. The molecule has 1 N–H and O–H groups in total. The van der Waals surface area contributed by atoms with E-state index in [2.05, 4.69) is 39.3 Å². The molecule has 0 saturated heterocycles. The van der Waals surface area contributed by atoms with Gasteiger partial charge in [-0.05, 0) is 40.2 Å². The molecular weight excluding hydrogens is 326 g/mol. The molecule has 0 radical (unpaired) electrons. The molecule has 0 aromatic carbocycles. The summed E-state index contributed by atoms with van der Waals surface area (Å²) in [5.74, 6) is 1.84. The van der Waals surface area contributed by atoms with Gasteiger partial charge in [0.25, 0.3) is 5.89 Å². The quantitative estimate of drug-likeness (QED) is 0.726. The van der Waals surface area contributed by atoms with Gasteiger partial charge in [0.1, 0.15) is 23.6 Å². The third kappa shape index (κ3) is 3.39. The van der Waals surface area contributed by atoms with Crippen molar-refractivity contribution in [2.24, 2.45) is 0 Å². The lowest BCUT2D eigenvalue weighted by Gasteiger charge is -2.11. The number of ether oxygens (including phenoxy) is 1. The Morgan fingerprint density at radius 2 is 2.04 bits per heavy atom. The van der Waals surface area contributed by atoms with Crippen LogP contribution in [0.25, 0.3) is 10.2 Å². The summed E-state index contributed by atoms with van der Waals surface area (Å²) in [6, 6.07) is -0.140. The molecule has 3 aromatic rings.